The number of hydrogen-bond acceptors (Lipinski definition) is 7. The predicted octanol–water partition coefficient (Wildman–Crippen LogP) is 3.26. The van der Waals surface area contributed by atoms with E-state index in [1.165, 1.54) is 11.3 Å². The smallest absolute Gasteiger partial charge is 0.475 e. The molecule has 1 aliphatic rings. The molecular weight excluding hydrogens is 522 g/mol. The number of aromatic nitrogens is 5. The Hall–Kier alpha value is -3.47. The van der Waals surface area contributed by atoms with Crippen molar-refractivity contribution in [2.24, 2.45) is 0 Å². The van der Waals surface area contributed by atoms with Crippen LogP contribution in [0.15, 0.2) is 35.5 Å². The molecular formula is C19H20F6N6O4S. The maximum atomic E-state index is 10.6. The van der Waals surface area contributed by atoms with Crippen LogP contribution >= 0.6 is 11.3 Å². The quantitative estimate of drug-likeness (QED) is 0.482. The number of rotatable bonds is 4. The van der Waals surface area contributed by atoms with E-state index in [4.69, 9.17) is 19.8 Å². The first-order valence-corrected chi connectivity index (χ1v) is 10.9. The van der Waals surface area contributed by atoms with E-state index >= 15 is 0 Å². The van der Waals surface area contributed by atoms with Gasteiger partial charge in [0.05, 0.1) is 18.6 Å². The highest BCUT2D eigenvalue weighted by Gasteiger charge is 2.38. The Morgan fingerprint density at radius 2 is 1.67 bits per heavy atom. The number of hydrogen-bond donors (Lipinski definition) is 2. The fourth-order valence-corrected chi connectivity index (χ4v) is 3.57. The van der Waals surface area contributed by atoms with Crippen molar-refractivity contribution in [2.45, 2.75) is 45.0 Å². The van der Waals surface area contributed by atoms with Crippen LogP contribution in [-0.2, 0) is 35.8 Å². The summed E-state index contributed by atoms with van der Waals surface area (Å²) in [5.74, 6) is -5.51. The van der Waals surface area contributed by atoms with Crippen LogP contribution in [-0.4, -0.2) is 70.5 Å². The molecule has 1 aliphatic heterocycles. The lowest BCUT2D eigenvalue weighted by Gasteiger charge is -2.19. The monoisotopic (exact) mass is 542 g/mol. The van der Waals surface area contributed by atoms with E-state index in [0.29, 0.717) is 0 Å². The maximum Gasteiger partial charge on any atom is 0.490 e. The average molecular weight is 542 g/mol. The van der Waals surface area contributed by atoms with Crippen LogP contribution in [0.2, 0.25) is 0 Å². The Bertz CT molecular complexity index is 1080. The Labute approximate surface area is 203 Å². The van der Waals surface area contributed by atoms with Gasteiger partial charge in [0.2, 0.25) is 0 Å². The van der Waals surface area contributed by atoms with Crippen LogP contribution in [0.5, 0.6) is 0 Å². The number of aliphatic carboxylic acids is 2. The molecule has 0 saturated heterocycles. The van der Waals surface area contributed by atoms with E-state index in [9.17, 15) is 26.3 Å². The molecule has 2 N–H and O–H groups in total. The van der Waals surface area contributed by atoms with Gasteiger partial charge in [0, 0.05) is 38.6 Å². The molecule has 0 atom stereocenters. The summed E-state index contributed by atoms with van der Waals surface area (Å²) in [5.41, 5.74) is 3.68. The summed E-state index contributed by atoms with van der Waals surface area (Å²) in [6.45, 7) is 4.70. The van der Waals surface area contributed by atoms with Crippen LogP contribution in [0, 0.1) is 0 Å². The van der Waals surface area contributed by atoms with Crippen LogP contribution in [0.3, 0.4) is 0 Å². The van der Waals surface area contributed by atoms with E-state index in [2.05, 4.69) is 41.7 Å². The summed E-state index contributed by atoms with van der Waals surface area (Å²) < 4.78 is 67.6. The number of alkyl halides is 6. The van der Waals surface area contributed by atoms with Crippen molar-refractivity contribution < 1.29 is 46.1 Å². The Morgan fingerprint density at radius 1 is 1.03 bits per heavy atom. The number of aryl methyl sites for hydroxylation is 1. The second kappa shape index (κ2) is 12.5. The van der Waals surface area contributed by atoms with E-state index < -0.39 is 24.3 Å². The van der Waals surface area contributed by atoms with Gasteiger partial charge in [-0.25, -0.2) is 19.3 Å². The second-order valence-electron chi connectivity index (χ2n) is 7.24. The van der Waals surface area contributed by atoms with Crippen molar-refractivity contribution in [1.29, 1.82) is 0 Å². The molecule has 36 heavy (non-hydrogen) atoms. The standard InChI is InChI=1S/C15H18N6S.2C2HF3O2/c1-4-19(8-13-2-7-22-11-13)10-15-14(17-18-21(15)5-1)9-20-6-3-16-12-20;2*3-2(4,5)1(6)7/h2-3,6-7,11-12H,1,4-5,8-10H2;2*(H,6,7). The number of carbonyl (C=O) groups is 2. The summed E-state index contributed by atoms with van der Waals surface area (Å²) in [4.78, 5) is 24.4. The van der Waals surface area contributed by atoms with Gasteiger partial charge in [0.25, 0.3) is 0 Å². The third-order valence-corrected chi connectivity index (χ3v) is 5.23. The Balaban J connectivity index is 0.000000271. The molecule has 0 aromatic carbocycles. The topological polar surface area (TPSA) is 126 Å². The van der Waals surface area contributed by atoms with Crippen LogP contribution in [0.25, 0.3) is 0 Å². The molecule has 0 saturated carbocycles. The molecule has 0 fully saturated rings. The Kier molecular flexibility index (Phi) is 9.97. The highest BCUT2D eigenvalue weighted by Crippen LogP contribution is 2.19. The van der Waals surface area contributed by atoms with E-state index in [-0.39, 0.29) is 0 Å². The molecule has 17 heteroatoms. The largest absolute Gasteiger partial charge is 0.490 e. The zero-order valence-electron chi connectivity index (χ0n) is 18.3. The van der Waals surface area contributed by atoms with Gasteiger partial charge in [-0.3, -0.25) is 4.90 Å². The lowest BCUT2D eigenvalue weighted by atomic mass is 10.2. The minimum absolute atomic E-state index is 0.738. The highest BCUT2D eigenvalue weighted by atomic mass is 32.1. The third kappa shape index (κ3) is 9.29. The number of nitrogens with zero attached hydrogens (tertiary/aromatic N) is 6. The number of fused-ring (bicyclic) bond motifs is 1. The minimum Gasteiger partial charge on any atom is -0.475 e. The molecule has 4 heterocycles. The van der Waals surface area contributed by atoms with Crippen molar-refractivity contribution in [3.63, 3.8) is 0 Å². The van der Waals surface area contributed by atoms with Crippen molar-refractivity contribution in [2.75, 3.05) is 6.54 Å². The van der Waals surface area contributed by atoms with E-state index in [1.807, 2.05) is 17.1 Å². The highest BCUT2D eigenvalue weighted by molar-refractivity contribution is 7.07. The molecule has 10 nitrogen and oxygen atoms in total. The van der Waals surface area contributed by atoms with E-state index in [1.54, 1.807) is 17.5 Å². The van der Waals surface area contributed by atoms with Crippen molar-refractivity contribution in [1.82, 2.24) is 29.4 Å². The number of imidazole rings is 1. The van der Waals surface area contributed by atoms with Crippen LogP contribution < -0.4 is 0 Å². The van der Waals surface area contributed by atoms with Crippen molar-refractivity contribution >= 4 is 23.3 Å². The number of thiophene rings is 1. The fourth-order valence-electron chi connectivity index (χ4n) is 2.91. The first-order chi connectivity index (χ1) is 16.8. The molecule has 198 valence electrons. The number of carboxylic acid groups (broad SMARTS) is 2. The number of carboxylic acids is 2. The van der Waals surface area contributed by atoms with Gasteiger partial charge in [-0.05, 0) is 28.8 Å². The summed E-state index contributed by atoms with van der Waals surface area (Å²) >= 11 is 1.76. The summed E-state index contributed by atoms with van der Waals surface area (Å²) in [6.07, 6.45) is -3.47. The molecule has 0 spiro atoms. The lowest BCUT2D eigenvalue weighted by Crippen LogP contribution is -2.23. The van der Waals surface area contributed by atoms with Gasteiger partial charge in [0.1, 0.15) is 5.69 Å². The fraction of sp³-hybridized carbons (Fsp3) is 0.421. The van der Waals surface area contributed by atoms with Gasteiger partial charge in [-0.15, -0.1) is 5.10 Å². The summed E-state index contributed by atoms with van der Waals surface area (Å²) in [6, 6.07) is 2.21. The molecule has 3 aromatic heterocycles. The van der Waals surface area contributed by atoms with E-state index in [0.717, 1.165) is 44.8 Å². The van der Waals surface area contributed by atoms with Gasteiger partial charge < -0.3 is 14.8 Å². The molecule has 0 aliphatic carbocycles. The van der Waals surface area contributed by atoms with Crippen LogP contribution in [0.1, 0.15) is 23.4 Å². The van der Waals surface area contributed by atoms with Crippen LogP contribution in [0.4, 0.5) is 26.3 Å². The van der Waals surface area contributed by atoms with Gasteiger partial charge in [-0.1, -0.05) is 5.21 Å². The Morgan fingerprint density at radius 3 is 2.17 bits per heavy atom. The van der Waals surface area contributed by atoms with Gasteiger partial charge in [-0.2, -0.15) is 37.7 Å². The molecule has 3 aromatic rings. The number of halogens is 6. The zero-order valence-corrected chi connectivity index (χ0v) is 19.1. The normalized spacial score (nSPS) is 13.9. The first-order valence-electron chi connectivity index (χ1n) is 9.98. The third-order valence-electron chi connectivity index (χ3n) is 4.50. The minimum atomic E-state index is -5.08. The first kappa shape index (κ1) is 28.8. The van der Waals surface area contributed by atoms with Gasteiger partial charge in [0.15, 0.2) is 0 Å². The lowest BCUT2D eigenvalue weighted by molar-refractivity contribution is -0.193. The molecule has 0 unspecified atom stereocenters. The zero-order chi connectivity index (χ0) is 26.9. The molecule has 0 amide bonds. The predicted molar refractivity (Wildman–Crippen MR) is 112 cm³/mol. The SMILES string of the molecule is O=C(O)C(F)(F)F.O=C(O)C(F)(F)F.c1cn(Cc2nnn3c2CN(Cc2ccsc2)CCC3)cn1. The summed E-state index contributed by atoms with van der Waals surface area (Å²) in [7, 11) is 0. The maximum absolute atomic E-state index is 10.6. The molecule has 0 radical (unpaired) electrons. The molecule has 0 bridgehead atoms. The van der Waals surface area contributed by atoms with Crippen molar-refractivity contribution in [3.8, 4) is 0 Å². The average Bonchev–Trinajstić information content (AvgIpc) is 3.51. The summed E-state index contributed by atoms with van der Waals surface area (Å²) in [5, 5.41) is 27.3. The van der Waals surface area contributed by atoms with Crippen molar-refractivity contribution in [3.05, 3.63) is 52.5 Å². The van der Waals surface area contributed by atoms with Gasteiger partial charge >= 0.3 is 24.3 Å². The second-order valence-corrected chi connectivity index (χ2v) is 8.02. The molecule has 4 rings (SSSR count).